The number of thiazole rings is 1. The SMILES string of the molecule is CCCCNC(=O)N1CC=C(c2cc3c(Nc4ccc5ncsc5c4)ncnc3[nH]2)CC1. The summed E-state index contributed by atoms with van der Waals surface area (Å²) in [5.74, 6) is 0.759. The number of amides is 2. The van der Waals surface area contributed by atoms with Gasteiger partial charge in [-0.1, -0.05) is 19.4 Å². The summed E-state index contributed by atoms with van der Waals surface area (Å²) in [5.41, 5.74) is 6.81. The third-order valence-corrected chi connectivity index (χ3v) is 6.46. The highest BCUT2D eigenvalue weighted by Gasteiger charge is 2.19. The van der Waals surface area contributed by atoms with Crippen molar-refractivity contribution in [3.8, 4) is 0 Å². The maximum absolute atomic E-state index is 12.3. The number of carbonyl (C=O) groups is 1. The van der Waals surface area contributed by atoms with E-state index in [9.17, 15) is 4.79 Å². The van der Waals surface area contributed by atoms with Crippen molar-refractivity contribution in [2.75, 3.05) is 25.0 Å². The molecular formula is C23H25N7OS. The van der Waals surface area contributed by atoms with Crippen molar-refractivity contribution in [3.05, 3.63) is 47.9 Å². The number of nitrogens with zero attached hydrogens (tertiary/aromatic N) is 4. The number of hydrogen-bond donors (Lipinski definition) is 3. The fourth-order valence-electron chi connectivity index (χ4n) is 3.86. The third kappa shape index (κ3) is 4.16. The van der Waals surface area contributed by atoms with E-state index in [4.69, 9.17) is 0 Å². The van der Waals surface area contributed by atoms with Gasteiger partial charge in [0.15, 0.2) is 0 Å². The predicted molar refractivity (Wildman–Crippen MR) is 129 cm³/mol. The van der Waals surface area contributed by atoms with E-state index in [1.807, 2.05) is 22.5 Å². The Morgan fingerprint density at radius 1 is 1.25 bits per heavy atom. The first-order valence-corrected chi connectivity index (χ1v) is 11.8. The molecule has 0 radical (unpaired) electrons. The number of unbranched alkanes of at least 4 members (excludes halogenated alkanes) is 1. The second kappa shape index (κ2) is 8.96. The number of aromatic amines is 1. The molecule has 9 heteroatoms. The Bertz CT molecular complexity index is 1290. The molecule has 0 spiro atoms. The van der Waals surface area contributed by atoms with Crippen molar-refractivity contribution in [3.63, 3.8) is 0 Å². The van der Waals surface area contributed by atoms with Crippen molar-refractivity contribution >= 4 is 55.7 Å². The van der Waals surface area contributed by atoms with E-state index in [1.54, 1.807) is 17.7 Å². The molecule has 4 heterocycles. The molecule has 8 nitrogen and oxygen atoms in total. The van der Waals surface area contributed by atoms with E-state index in [0.717, 1.165) is 64.3 Å². The van der Waals surface area contributed by atoms with Crippen LogP contribution < -0.4 is 10.6 Å². The monoisotopic (exact) mass is 447 g/mol. The molecule has 0 aliphatic carbocycles. The van der Waals surface area contributed by atoms with Crippen molar-refractivity contribution in [2.24, 2.45) is 0 Å². The van der Waals surface area contributed by atoms with Gasteiger partial charge in [0.25, 0.3) is 0 Å². The first-order valence-electron chi connectivity index (χ1n) is 10.9. The lowest BCUT2D eigenvalue weighted by Crippen LogP contribution is -2.42. The first kappa shape index (κ1) is 20.4. The highest BCUT2D eigenvalue weighted by molar-refractivity contribution is 7.16. The molecule has 0 unspecified atom stereocenters. The lowest BCUT2D eigenvalue weighted by Gasteiger charge is -2.26. The molecule has 3 aromatic heterocycles. The van der Waals surface area contributed by atoms with E-state index < -0.39 is 0 Å². The zero-order valence-corrected chi connectivity index (χ0v) is 18.7. The second-order valence-corrected chi connectivity index (χ2v) is 8.72. The lowest BCUT2D eigenvalue weighted by molar-refractivity contribution is 0.203. The summed E-state index contributed by atoms with van der Waals surface area (Å²) in [7, 11) is 0. The van der Waals surface area contributed by atoms with Crippen molar-refractivity contribution in [1.82, 2.24) is 30.2 Å². The highest BCUT2D eigenvalue weighted by Crippen LogP contribution is 2.30. The van der Waals surface area contributed by atoms with Crippen LogP contribution in [0.5, 0.6) is 0 Å². The molecule has 164 valence electrons. The van der Waals surface area contributed by atoms with Crippen LogP contribution in [0.25, 0.3) is 26.8 Å². The van der Waals surface area contributed by atoms with E-state index in [-0.39, 0.29) is 6.03 Å². The molecule has 1 aliphatic heterocycles. The highest BCUT2D eigenvalue weighted by atomic mass is 32.1. The fourth-order valence-corrected chi connectivity index (χ4v) is 4.58. The zero-order valence-electron chi connectivity index (χ0n) is 17.9. The minimum atomic E-state index is 0.0145. The van der Waals surface area contributed by atoms with Crippen LogP contribution in [-0.2, 0) is 0 Å². The van der Waals surface area contributed by atoms with Crippen molar-refractivity contribution in [1.29, 1.82) is 0 Å². The summed E-state index contributed by atoms with van der Waals surface area (Å²) >= 11 is 1.62. The van der Waals surface area contributed by atoms with Gasteiger partial charge in [-0.3, -0.25) is 0 Å². The maximum Gasteiger partial charge on any atom is 0.317 e. The average Bonchev–Trinajstić information content (AvgIpc) is 3.46. The summed E-state index contributed by atoms with van der Waals surface area (Å²) in [4.78, 5) is 30.8. The Labute approximate surface area is 189 Å². The topological polar surface area (TPSA) is 98.8 Å². The number of rotatable bonds is 6. The lowest BCUT2D eigenvalue weighted by atomic mass is 10.1. The molecule has 3 N–H and O–H groups in total. The number of aromatic nitrogens is 4. The first-order chi connectivity index (χ1) is 15.7. The molecule has 5 rings (SSSR count). The number of carbonyl (C=O) groups excluding carboxylic acids is 1. The van der Waals surface area contributed by atoms with Gasteiger partial charge < -0.3 is 20.5 Å². The smallest absolute Gasteiger partial charge is 0.317 e. The van der Waals surface area contributed by atoms with Crippen LogP contribution in [0.1, 0.15) is 31.9 Å². The molecule has 0 saturated heterocycles. The number of fused-ring (bicyclic) bond motifs is 2. The molecule has 0 bridgehead atoms. The van der Waals surface area contributed by atoms with E-state index in [2.05, 4.69) is 55.7 Å². The van der Waals surface area contributed by atoms with Crippen molar-refractivity contribution < 1.29 is 4.79 Å². The Morgan fingerprint density at radius 3 is 3.03 bits per heavy atom. The van der Waals surface area contributed by atoms with E-state index in [1.165, 1.54) is 5.57 Å². The minimum Gasteiger partial charge on any atom is -0.340 e. The molecular weight excluding hydrogens is 422 g/mol. The summed E-state index contributed by atoms with van der Waals surface area (Å²) in [6.07, 6.45) is 6.56. The minimum absolute atomic E-state index is 0.0145. The Hall–Kier alpha value is -3.46. The second-order valence-electron chi connectivity index (χ2n) is 7.84. The quantitative estimate of drug-likeness (QED) is 0.365. The van der Waals surface area contributed by atoms with Crippen LogP contribution in [0, 0.1) is 0 Å². The van der Waals surface area contributed by atoms with Crippen LogP contribution >= 0.6 is 11.3 Å². The van der Waals surface area contributed by atoms with Gasteiger partial charge in [0.1, 0.15) is 17.8 Å². The van der Waals surface area contributed by atoms with Crippen molar-refractivity contribution in [2.45, 2.75) is 26.2 Å². The number of hydrogen-bond acceptors (Lipinski definition) is 6. The molecule has 32 heavy (non-hydrogen) atoms. The third-order valence-electron chi connectivity index (χ3n) is 5.67. The fraction of sp³-hybridized carbons (Fsp3) is 0.304. The maximum atomic E-state index is 12.3. The number of benzene rings is 1. The van der Waals surface area contributed by atoms with Gasteiger partial charge in [0.05, 0.1) is 21.1 Å². The standard InChI is InChI=1S/C23H25N7OS/c1-2-3-8-24-23(31)30-9-6-15(7-10-30)19-12-17-21(25-13-26-22(17)29-19)28-16-4-5-18-20(11-16)32-14-27-18/h4-6,11-14H,2-3,7-10H2,1H3,(H,24,31)(H2,25,26,28,29). The summed E-state index contributed by atoms with van der Waals surface area (Å²) < 4.78 is 1.13. The van der Waals surface area contributed by atoms with Crippen LogP contribution in [0.4, 0.5) is 16.3 Å². The van der Waals surface area contributed by atoms with Crippen LogP contribution in [0.2, 0.25) is 0 Å². The van der Waals surface area contributed by atoms with Crippen LogP contribution in [0.3, 0.4) is 0 Å². The Morgan fingerprint density at radius 2 is 2.19 bits per heavy atom. The summed E-state index contributed by atoms with van der Waals surface area (Å²) in [5, 5.41) is 7.35. The van der Waals surface area contributed by atoms with Gasteiger partial charge >= 0.3 is 6.03 Å². The number of anilines is 2. The zero-order chi connectivity index (χ0) is 21.9. The molecule has 4 aromatic rings. The Balaban J connectivity index is 1.33. The predicted octanol–water partition coefficient (Wildman–Crippen LogP) is 4.91. The van der Waals surface area contributed by atoms with Gasteiger partial charge in [0, 0.05) is 31.0 Å². The largest absolute Gasteiger partial charge is 0.340 e. The Kier molecular flexibility index (Phi) is 5.72. The van der Waals surface area contributed by atoms with Gasteiger partial charge in [-0.05, 0) is 42.7 Å². The van der Waals surface area contributed by atoms with Gasteiger partial charge in [-0.2, -0.15) is 0 Å². The number of nitrogens with one attached hydrogen (secondary N) is 3. The average molecular weight is 448 g/mol. The molecule has 0 saturated carbocycles. The van der Waals surface area contributed by atoms with Gasteiger partial charge in [-0.15, -0.1) is 11.3 Å². The molecule has 1 aliphatic rings. The molecule has 0 atom stereocenters. The molecule has 0 fully saturated rings. The molecule has 1 aromatic carbocycles. The van der Waals surface area contributed by atoms with Crippen LogP contribution in [-0.4, -0.2) is 50.5 Å². The number of urea groups is 1. The van der Waals surface area contributed by atoms with Crippen LogP contribution in [0.15, 0.2) is 42.2 Å². The van der Waals surface area contributed by atoms with Gasteiger partial charge in [0.2, 0.25) is 0 Å². The summed E-state index contributed by atoms with van der Waals surface area (Å²) in [6.45, 7) is 4.15. The van der Waals surface area contributed by atoms with Gasteiger partial charge in [-0.25, -0.2) is 19.7 Å². The number of H-pyrrole nitrogens is 1. The normalized spacial score (nSPS) is 14.0. The van der Waals surface area contributed by atoms with E-state index >= 15 is 0 Å². The molecule has 2 amide bonds. The summed E-state index contributed by atoms with van der Waals surface area (Å²) in [6, 6.07) is 8.20. The van der Waals surface area contributed by atoms with E-state index in [0.29, 0.717) is 13.1 Å².